The first-order valence-corrected chi connectivity index (χ1v) is 8.30. The molecule has 0 aliphatic rings. The van der Waals surface area contributed by atoms with Crippen LogP contribution in [0.4, 0.5) is 18.9 Å². The van der Waals surface area contributed by atoms with Crippen LogP contribution in [0.25, 0.3) is 0 Å². The van der Waals surface area contributed by atoms with Gasteiger partial charge in [-0.2, -0.15) is 13.2 Å². The van der Waals surface area contributed by atoms with Gasteiger partial charge in [0.2, 0.25) is 0 Å². The van der Waals surface area contributed by atoms with Gasteiger partial charge in [0.15, 0.2) is 0 Å². The summed E-state index contributed by atoms with van der Waals surface area (Å²) in [7, 11) is 2.46. The standard InChI is InChI=1S/C14H12ClF3N3PS/c1-8-4-9(15)12(23-6-14(16,17)18)5-11(8)21-13(22)10-2-3-19-7-20-10/h2-5,7H,6,22H2,1H3. The summed E-state index contributed by atoms with van der Waals surface area (Å²) in [6, 6.07) is 4.85. The summed E-state index contributed by atoms with van der Waals surface area (Å²) in [5.41, 5.74) is 2.48. The Hall–Kier alpha value is -1.17. The zero-order valence-electron chi connectivity index (χ0n) is 11.9. The van der Waals surface area contributed by atoms with E-state index in [1.54, 1.807) is 31.3 Å². The van der Waals surface area contributed by atoms with Crippen molar-refractivity contribution in [2.45, 2.75) is 18.0 Å². The molecule has 1 unspecified atom stereocenters. The lowest BCUT2D eigenvalue weighted by molar-refractivity contribution is -0.105. The SMILES string of the molecule is Cc1cc(Cl)c(SCC(F)(F)F)cc1N=C(P)c1ccncn1. The number of aromatic nitrogens is 2. The van der Waals surface area contributed by atoms with Crippen molar-refractivity contribution in [3.63, 3.8) is 0 Å². The molecular weight excluding hydrogens is 366 g/mol. The largest absolute Gasteiger partial charge is 0.398 e. The molecule has 2 aromatic rings. The van der Waals surface area contributed by atoms with E-state index < -0.39 is 11.9 Å². The maximum atomic E-state index is 12.4. The number of halogens is 4. The van der Waals surface area contributed by atoms with Crippen molar-refractivity contribution < 1.29 is 13.2 Å². The average molecular weight is 378 g/mol. The molecule has 1 heterocycles. The minimum atomic E-state index is -4.25. The predicted molar refractivity (Wildman–Crippen MR) is 90.9 cm³/mol. The van der Waals surface area contributed by atoms with E-state index in [-0.39, 0.29) is 5.02 Å². The fourth-order valence-corrected chi connectivity index (χ4v) is 3.06. The summed E-state index contributed by atoms with van der Waals surface area (Å²) in [6.07, 6.45) is -1.27. The first kappa shape index (κ1) is 18.2. The number of thioether (sulfide) groups is 1. The minimum absolute atomic E-state index is 0.281. The number of hydrogen-bond donors (Lipinski definition) is 0. The molecule has 0 aliphatic heterocycles. The molecule has 1 aromatic heterocycles. The molecule has 0 N–H and O–H groups in total. The van der Waals surface area contributed by atoms with Crippen molar-refractivity contribution in [2.24, 2.45) is 4.99 Å². The molecule has 1 atom stereocenters. The van der Waals surface area contributed by atoms with Crippen LogP contribution in [0.2, 0.25) is 5.02 Å². The zero-order chi connectivity index (χ0) is 17.0. The van der Waals surface area contributed by atoms with Crippen LogP contribution < -0.4 is 0 Å². The highest BCUT2D eigenvalue weighted by Gasteiger charge is 2.27. The molecule has 122 valence electrons. The van der Waals surface area contributed by atoms with Gasteiger partial charge in [-0.15, -0.1) is 11.8 Å². The van der Waals surface area contributed by atoms with Crippen LogP contribution in [0.3, 0.4) is 0 Å². The molecule has 0 saturated carbocycles. The second-order valence-electron chi connectivity index (χ2n) is 4.56. The smallest absolute Gasteiger partial charge is 0.247 e. The number of rotatable bonds is 4. The average Bonchev–Trinajstić information content (AvgIpc) is 2.48. The summed E-state index contributed by atoms with van der Waals surface area (Å²) in [4.78, 5) is 12.6. The lowest BCUT2D eigenvalue weighted by Crippen LogP contribution is -2.10. The van der Waals surface area contributed by atoms with Gasteiger partial charge in [-0.3, -0.25) is 0 Å². The molecular formula is C14H12ClF3N3PS. The Kier molecular flexibility index (Phi) is 6.00. The van der Waals surface area contributed by atoms with Crippen LogP contribution in [0.1, 0.15) is 11.3 Å². The third kappa shape index (κ3) is 5.44. The maximum absolute atomic E-state index is 12.4. The van der Waals surface area contributed by atoms with Gasteiger partial charge < -0.3 is 0 Å². The minimum Gasteiger partial charge on any atom is -0.247 e. The van der Waals surface area contributed by atoms with E-state index in [2.05, 4.69) is 24.2 Å². The van der Waals surface area contributed by atoms with Crippen molar-refractivity contribution in [3.05, 3.63) is 47.0 Å². The third-order valence-corrected chi connectivity index (χ3v) is 4.70. The summed E-state index contributed by atoms with van der Waals surface area (Å²) in [5, 5.41) is 0.281. The molecule has 0 bridgehead atoms. The van der Waals surface area contributed by atoms with Gasteiger partial charge in [0.05, 0.1) is 27.6 Å². The van der Waals surface area contributed by atoms with Gasteiger partial charge in [0, 0.05) is 11.1 Å². The molecule has 0 radical (unpaired) electrons. The summed E-state index contributed by atoms with van der Waals surface area (Å²) in [5.74, 6) is -1.00. The van der Waals surface area contributed by atoms with Crippen LogP contribution in [-0.2, 0) is 0 Å². The van der Waals surface area contributed by atoms with E-state index in [1.165, 1.54) is 6.33 Å². The number of hydrogen-bond acceptors (Lipinski definition) is 4. The molecule has 1 aromatic carbocycles. The Morgan fingerprint density at radius 3 is 2.74 bits per heavy atom. The fraction of sp³-hybridized carbons (Fsp3) is 0.214. The normalized spacial score (nSPS) is 12.5. The Morgan fingerprint density at radius 1 is 1.39 bits per heavy atom. The van der Waals surface area contributed by atoms with Crippen LogP contribution in [0.5, 0.6) is 0 Å². The molecule has 9 heteroatoms. The zero-order valence-corrected chi connectivity index (χ0v) is 14.7. The van der Waals surface area contributed by atoms with Gasteiger partial charge in [-0.25, -0.2) is 15.0 Å². The van der Waals surface area contributed by atoms with E-state index in [9.17, 15) is 13.2 Å². The Balaban J connectivity index is 2.32. The maximum Gasteiger partial charge on any atom is 0.398 e. The highest BCUT2D eigenvalue weighted by Crippen LogP contribution is 2.36. The highest BCUT2D eigenvalue weighted by molar-refractivity contribution is 7.99. The van der Waals surface area contributed by atoms with Crippen molar-refractivity contribution in [3.8, 4) is 0 Å². The predicted octanol–water partition coefficient (Wildman–Crippen LogP) is 5.05. The van der Waals surface area contributed by atoms with Gasteiger partial charge >= 0.3 is 6.18 Å². The van der Waals surface area contributed by atoms with E-state index in [0.29, 0.717) is 33.5 Å². The molecule has 3 nitrogen and oxygen atoms in total. The van der Waals surface area contributed by atoms with Crippen molar-refractivity contribution in [1.82, 2.24) is 9.97 Å². The number of aryl methyl sites for hydroxylation is 1. The van der Waals surface area contributed by atoms with Gasteiger partial charge in [0.25, 0.3) is 0 Å². The first-order valence-electron chi connectivity index (χ1n) is 6.36. The number of aliphatic imine (C=N–C) groups is 1. The van der Waals surface area contributed by atoms with Crippen LogP contribution in [0.15, 0.2) is 40.6 Å². The fourth-order valence-electron chi connectivity index (χ4n) is 1.66. The third-order valence-electron chi connectivity index (χ3n) is 2.73. The summed E-state index contributed by atoms with van der Waals surface area (Å²) >= 11 is 6.66. The quantitative estimate of drug-likeness (QED) is 0.425. The van der Waals surface area contributed by atoms with Crippen LogP contribution in [-0.4, -0.2) is 27.3 Å². The molecule has 0 fully saturated rings. The second kappa shape index (κ2) is 7.60. The number of nitrogens with zero attached hydrogens (tertiary/aromatic N) is 3. The van der Waals surface area contributed by atoms with E-state index in [1.807, 2.05) is 0 Å². The Morgan fingerprint density at radius 2 is 2.13 bits per heavy atom. The molecule has 0 amide bonds. The van der Waals surface area contributed by atoms with Crippen LogP contribution >= 0.6 is 32.6 Å². The van der Waals surface area contributed by atoms with Gasteiger partial charge in [-0.1, -0.05) is 20.8 Å². The number of alkyl halides is 3. The Labute approximate surface area is 143 Å². The highest BCUT2D eigenvalue weighted by atomic mass is 35.5. The first-order chi connectivity index (χ1) is 10.8. The monoisotopic (exact) mass is 377 g/mol. The second-order valence-corrected chi connectivity index (χ2v) is 6.54. The topological polar surface area (TPSA) is 38.1 Å². The number of benzene rings is 1. The van der Waals surface area contributed by atoms with E-state index in [0.717, 1.165) is 5.56 Å². The van der Waals surface area contributed by atoms with Crippen molar-refractivity contribution >= 4 is 43.7 Å². The molecule has 0 aliphatic carbocycles. The lowest BCUT2D eigenvalue weighted by atomic mass is 10.2. The van der Waals surface area contributed by atoms with Gasteiger partial charge in [-0.05, 0) is 30.7 Å². The summed E-state index contributed by atoms with van der Waals surface area (Å²) < 4.78 is 37.1. The molecule has 2 rings (SSSR count). The van der Waals surface area contributed by atoms with Crippen molar-refractivity contribution in [2.75, 3.05) is 5.75 Å². The Bertz CT molecular complexity index is 723. The van der Waals surface area contributed by atoms with E-state index in [4.69, 9.17) is 11.6 Å². The van der Waals surface area contributed by atoms with E-state index >= 15 is 0 Å². The van der Waals surface area contributed by atoms with Crippen molar-refractivity contribution in [1.29, 1.82) is 0 Å². The lowest BCUT2D eigenvalue weighted by Gasteiger charge is -2.10. The summed E-state index contributed by atoms with van der Waals surface area (Å²) in [6.45, 7) is 1.79. The molecule has 0 spiro atoms. The van der Waals surface area contributed by atoms with Crippen LogP contribution in [0, 0.1) is 6.92 Å². The van der Waals surface area contributed by atoms with Gasteiger partial charge in [0.1, 0.15) is 6.33 Å². The molecule has 23 heavy (non-hydrogen) atoms. The molecule has 0 saturated heterocycles.